The van der Waals surface area contributed by atoms with Gasteiger partial charge >= 0.3 is 0 Å². The molecular formula is C29H32BN7O2. The molecule has 3 saturated heterocycles. The van der Waals surface area contributed by atoms with E-state index >= 15 is 0 Å². The van der Waals surface area contributed by atoms with Crippen molar-refractivity contribution in [3.05, 3.63) is 53.3 Å². The molecule has 9 nitrogen and oxygen atoms in total. The summed E-state index contributed by atoms with van der Waals surface area (Å²) in [6.45, 7) is 10.5. The molecule has 6 heterocycles. The first kappa shape index (κ1) is 24.8. The average Bonchev–Trinajstić information content (AvgIpc) is 3.25. The summed E-state index contributed by atoms with van der Waals surface area (Å²) in [4.78, 5) is 16.4. The van der Waals surface area contributed by atoms with Crippen LogP contribution in [0.25, 0.3) is 10.9 Å². The highest BCUT2D eigenvalue weighted by atomic mass is 16.5. The van der Waals surface area contributed by atoms with Crippen molar-refractivity contribution in [1.82, 2.24) is 14.9 Å². The van der Waals surface area contributed by atoms with Crippen molar-refractivity contribution >= 4 is 35.7 Å². The van der Waals surface area contributed by atoms with E-state index in [1.165, 1.54) is 5.56 Å². The minimum Gasteiger partial charge on any atom is -0.370 e. The molecule has 0 unspecified atom stereocenters. The molecule has 39 heavy (non-hydrogen) atoms. The van der Waals surface area contributed by atoms with Gasteiger partial charge in [-0.25, -0.2) is 0 Å². The molecule has 7 rings (SSSR count). The molecule has 0 aliphatic carbocycles. The van der Waals surface area contributed by atoms with Gasteiger partial charge in [-0.05, 0) is 43.7 Å². The van der Waals surface area contributed by atoms with Gasteiger partial charge < -0.3 is 25.0 Å². The number of nitrogens with zero attached hydrogens (tertiary/aromatic N) is 6. The number of fused-ring (bicyclic) bond motifs is 3. The lowest BCUT2D eigenvalue weighted by atomic mass is 9.88. The standard InChI is InChI=1S/C29H32BN7O2/c1-18-10-36(24-5-3-19(8-31)26-23(24)4-6-25(30)34-26)12-22(39-18)11-35-16-29(17-35)27-20(13-38-29)7-21(9-33-27)37-14-28(2,32)15-37/h3-7,9,18,22H,10-17,32H2,1-2H3/t18-,22+/m1/s1. The first-order valence-electron chi connectivity index (χ1n) is 13.6. The lowest BCUT2D eigenvalue weighted by molar-refractivity contribution is -0.157. The molecule has 10 heteroatoms. The maximum Gasteiger partial charge on any atom is 0.141 e. The summed E-state index contributed by atoms with van der Waals surface area (Å²) < 4.78 is 12.7. The van der Waals surface area contributed by atoms with Crippen LogP contribution in [0, 0.1) is 11.3 Å². The monoisotopic (exact) mass is 521 g/mol. The van der Waals surface area contributed by atoms with Crippen LogP contribution in [0.2, 0.25) is 0 Å². The third-order valence-corrected chi connectivity index (χ3v) is 8.42. The summed E-state index contributed by atoms with van der Waals surface area (Å²) in [6.07, 6.45) is 2.10. The number of rotatable bonds is 4. The number of hydrogen-bond donors (Lipinski definition) is 1. The van der Waals surface area contributed by atoms with Gasteiger partial charge in [-0.15, -0.1) is 0 Å². The van der Waals surface area contributed by atoms with Gasteiger partial charge in [0.1, 0.15) is 19.5 Å². The molecule has 198 valence electrons. The lowest BCUT2D eigenvalue weighted by Gasteiger charge is -2.49. The van der Waals surface area contributed by atoms with Crippen LogP contribution in [0.4, 0.5) is 11.4 Å². The van der Waals surface area contributed by atoms with Crippen LogP contribution < -0.4 is 21.1 Å². The Kier molecular flexibility index (Phi) is 5.66. The van der Waals surface area contributed by atoms with Crippen LogP contribution in [0.1, 0.15) is 30.7 Å². The van der Waals surface area contributed by atoms with Crippen LogP contribution in [-0.4, -0.2) is 86.3 Å². The first-order valence-corrected chi connectivity index (χ1v) is 13.6. The van der Waals surface area contributed by atoms with E-state index in [9.17, 15) is 5.26 Å². The second kappa shape index (κ2) is 8.90. The number of aromatic nitrogens is 2. The Bertz CT molecular complexity index is 1490. The van der Waals surface area contributed by atoms with Gasteiger partial charge in [0.2, 0.25) is 0 Å². The van der Waals surface area contributed by atoms with Crippen LogP contribution in [0.15, 0.2) is 36.5 Å². The van der Waals surface area contributed by atoms with Gasteiger partial charge in [0.25, 0.3) is 0 Å². The molecule has 1 aromatic carbocycles. The normalized spacial score (nSPS) is 25.3. The number of pyridine rings is 2. The Morgan fingerprint density at radius 3 is 2.74 bits per heavy atom. The predicted octanol–water partition coefficient (Wildman–Crippen LogP) is 1.17. The van der Waals surface area contributed by atoms with Crippen LogP contribution in [0.5, 0.6) is 0 Å². The van der Waals surface area contributed by atoms with Crippen molar-refractivity contribution in [1.29, 1.82) is 5.26 Å². The zero-order valence-electron chi connectivity index (χ0n) is 22.4. The summed E-state index contributed by atoms with van der Waals surface area (Å²) in [5.74, 6) is 0. The van der Waals surface area contributed by atoms with Gasteiger partial charge in [0.15, 0.2) is 0 Å². The van der Waals surface area contributed by atoms with Crippen molar-refractivity contribution in [2.24, 2.45) is 5.73 Å². The fourth-order valence-corrected chi connectivity index (χ4v) is 6.74. The number of anilines is 2. The van der Waals surface area contributed by atoms with E-state index < -0.39 is 0 Å². The third kappa shape index (κ3) is 4.25. The summed E-state index contributed by atoms with van der Waals surface area (Å²) in [7, 11) is 5.93. The molecule has 3 fully saturated rings. The zero-order valence-corrected chi connectivity index (χ0v) is 22.4. The van der Waals surface area contributed by atoms with Crippen molar-refractivity contribution in [2.75, 3.05) is 55.6 Å². The molecule has 0 amide bonds. The smallest absolute Gasteiger partial charge is 0.141 e. The zero-order chi connectivity index (χ0) is 26.9. The summed E-state index contributed by atoms with van der Waals surface area (Å²) in [5, 5.41) is 10.5. The van der Waals surface area contributed by atoms with Crippen molar-refractivity contribution in [3.8, 4) is 6.07 Å². The van der Waals surface area contributed by atoms with Gasteiger partial charge in [-0.1, -0.05) is 6.07 Å². The third-order valence-electron chi connectivity index (χ3n) is 8.42. The number of nitrogens with two attached hydrogens (primary N) is 1. The fraction of sp³-hybridized carbons (Fsp3) is 0.483. The molecule has 3 aromatic rings. The molecule has 4 aliphatic rings. The highest BCUT2D eigenvalue weighted by molar-refractivity contribution is 6.31. The predicted molar refractivity (Wildman–Crippen MR) is 150 cm³/mol. The van der Waals surface area contributed by atoms with Crippen molar-refractivity contribution in [2.45, 2.75) is 43.8 Å². The van der Waals surface area contributed by atoms with Gasteiger partial charge in [-0.2, -0.15) is 5.26 Å². The van der Waals surface area contributed by atoms with Crippen LogP contribution in [0.3, 0.4) is 0 Å². The molecule has 2 N–H and O–H groups in total. The maximum atomic E-state index is 9.57. The topological polar surface area (TPSA) is 104 Å². The Morgan fingerprint density at radius 1 is 1.15 bits per heavy atom. The summed E-state index contributed by atoms with van der Waals surface area (Å²) >= 11 is 0. The SMILES string of the molecule is [B]c1ccc2c(N3C[C@H](CN4CC5(C4)OCc4cc(N6CC(C)(N)C6)cnc45)O[C@H](C)C3)ccc(C#N)c2n1. The van der Waals surface area contributed by atoms with E-state index in [2.05, 4.69) is 45.7 Å². The Hall–Kier alpha value is -3.23. The molecule has 0 saturated carbocycles. The van der Waals surface area contributed by atoms with Crippen molar-refractivity contribution in [3.63, 3.8) is 0 Å². The van der Waals surface area contributed by atoms with Crippen molar-refractivity contribution < 1.29 is 9.47 Å². The van der Waals surface area contributed by atoms with Gasteiger partial charge in [0.05, 0.1) is 47.5 Å². The van der Waals surface area contributed by atoms with Gasteiger partial charge in [0, 0.05) is 68.0 Å². The number of hydrogen-bond acceptors (Lipinski definition) is 9. The number of ether oxygens (including phenoxy) is 2. The van der Waals surface area contributed by atoms with E-state index in [1.54, 1.807) is 6.07 Å². The fourth-order valence-electron chi connectivity index (χ4n) is 6.74. The largest absolute Gasteiger partial charge is 0.370 e. The quantitative estimate of drug-likeness (QED) is 0.507. The Labute approximate surface area is 229 Å². The molecular weight excluding hydrogens is 489 g/mol. The number of nitriles is 1. The second-order valence-electron chi connectivity index (χ2n) is 12.0. The summed E-state index contributed by atoms with van der Waals surface area (Å²) in [6, 6.07) is 12.1. The van der Waals surface area contributed by atoms with E-state index in [1.807, 2.05) is 24.4 Å². The Balaban J connectivity index is 1.04. The van der Waals surface area contributed by atoms with Crippen LogP contribution >= 0.6 is 0 Å². The minimum atomic E-state index is -0.319. The Morgan fingerprint density at radius 2 is 1.97 bits per heavy atom. The number of morpholine rings is 1. The van der Waals surface area contributed by atoms with Crippen LogP contribution in [-0.2, 0) is 21.7 Å². The molecule has 2 aromatic heterocycles. The number of likely N-dealkylation sites (tertiary alicyclic amines) is 1. The number of benzene rings is 1. The van der Waals surface area contributed by atoms with E-state index in [0.717, 1.165) is 68.3 Å². The molecule has 2 atom stereocenters. The molecule has 4 aliphatic heterocycles. The molecule has 0 bridgehead atoms. The maximum absolute atomic E-state index is 9.57. The second-order valence-corrected chi connectivity index (χ2v) is 12.0. The lowest BCUT2D eigenvalue weighted by Crippen LogP contribution is -2.65. The summed E-state index contributed by atoms with van der Waals surface area (Å²) in [5.41, 5.74) is 11.8. The average molecular weight is 521 g/mol. The molecule has 2 radical (unpaired) electrons. The van der Waals surface area contributed by atoms with Gasteiger partial charge in [-0.3, -0.25) is 14.9 Å². The van der Waals surface area contributed by atoms with E-state index in [4.69, 9.17) is 28.0 Å². The first-order chi connectivity index (χ1) is 18.7. The minimum absolute atomic E-state index is 0.0479. The highest BCUT2D eigenvalue weighted by Crippen LogP contribution is 2.44. The highest BCUT2D eigenvalue weighted by Gasteiger charge is 2.52. The van der Waals surface area contributed by atoms with E-state index in [-0.39, 0.29) is 23.3 Å². The van der Waals surface area contributed by atoms with E-state index in [0.29, 0.717) is 23.3 Å². The molecule has 1 spiro atoms.